The molecule has 10 saturated heterocycles. The van der Waals surface area contributed by atoms with Crippen LogP contribution < -0.4 is 0 Å². The van der Waals surface area contributed by atoms with Gasteiger partial charge in [0.15, 0.2) is 62.9 Å². The molecule has 10 aliphatic heterocycles. The van der Waals surface area contributed by atoms with Gasteiger partial charge in [-0.15, -0.1) is 0 Å². The first-order valence-electron chi connectivity index (χ1n) is 35.1. The summed E-state index contributed by atoms with van der Waals surface area (Å²) in [5.41, 5.74) is 0. The molecule has 48 atom stereocenters. The van der Waals surface area contributed by atoms with Crippen molar-refractivity contribution in [1.29, 1.82) is 0 Å². The molecule has 10 rings (SSSR count). The van der Waals surface area contributed by atoms with Crippen LogP contribution in [0.1, 0.15) is 0 Å². The van der Waals surface area contributed by atoms with Crippen LogP contribution >= 0.6 is 0 Å². The molecule has 0 radical (unpaired) electrons. The molecule has 0 saturated carbocycles. The summed E-state index contributed by atoms with van der Waals surface area (Å²) >= 11 is 0. The Kier molecular flexibility index (Phi) is 32.6. The molecule has 50 nitrogen and oxygen atoms in total. The standard InChI is InChI=1S/C60H102O50/c61-1-13(69)25(71)14(70)9-91-51-44(90)45(24(104-51)12-94-56-46(33(79)20(7-67)99-56)106-52-40(86)31(77)22(102-52)10-92-57-48(37(83)28(74)17(4-64)97-57)108-54-42(88)35(81)26(72)15(2-62)95-54)105-59-47(34(80)21(8-68)101-59)107-53-41(87)32(78)23(103-53)11-93-58-49(38(84)29(75)18(5-65)98-58)110-60-50(39(85)30(76)19(6-66)100-60)109-55-43(89)36(82)27(73)16(3-63)96-55/h13-90H,1-12H2/t13-,14-,15-,16-,17-,18-,19-,20-,21-,22-,23-,24-,25+,26-,27-,28-,29-,30-,31-,32-,33-,34-,35+,36+,37+,38+,39+,40+,41+,42+,43+,44+,45-,46+,47+,48+,49+,50+,51+,52+,53+,54-,55-,56+,57+,58+,59-,60-/m1/s1. The van der Waals surface area contributed by atoms with E-state index in [4.69, 9.17) is 94.7 Å². The molecule has 0 bridgehead atoms. The van der Waals surface area contributed by atoms with Crippen LogP contribution in [0.5, 0.6) is 0 Å². The molecule has 0 aromatic heterocycles. The highest BCUT2D eigenvalue weighted by molar-refractivity contribution is 5.01. The van der Waals surface area contributed by atoms with Crippen LogP contribution in [0, 0.1) is 0 Å². The van der Waals surface area contributed by atoms with Crippen LogP contribution in [0.2, 0.25) is 0 Å². The molecule has 0 aliphatic carbocycles. The van der Waals surface area contributed by atoms with Crippen molar-refractivity contribution in [3.05, 3.63) is 0 Å². The second-order valence-electron chi connectivity index (χ2n) is 27.8. The van der Waals surface area contributed by atoms with E-state index in [1.807, 2.05) is 0 Å². The van der Waals surface area contributed by atoms with Gasteiger partial charge in [0.2, 0.25) is 0 Å². The number of aliphatic hydroxyl groups excluding tert-OH is 30. The average molecular weight is 1620 g/mol. The summed E-state index contributed by atoms with van der Waals surface area (Å²) in [6.07, 6.45) is -92.1. The summed E-state index contributed by atoms with van der Waals surface area (Å²) in [5, 5.41) is 320. The minimum Gasteiger partial charge on any atom is -0.394 e. The molecule has 0 spiro atoms. The summed E-state index contributed by atoms with van der Waals surface area (Å²) in [6, 6.07) is 0. The molecule has 642 valence electrons. The third-order valence-electron chi connectivity index (χ3n) is 20.5. The van der Waals surface area contributed by atoms with E-state index in [1.165, 1.54) is 0 Å². The summed E-state index contributed by atoms with van der Waals surface area (Å²) in [6.45, 7) is -11.4. The maximum atomic E-state index is 11.9. The number of rotatable bonds is 34. The average Bonchev–Trinajstić information content (AvgIpc) is 1.47. The summed E-state index contributed by atoms with van der Waals surface area (Å²) < 4.78 is 115. The van der Waals surface area contributed by atoms with Crippen LogP contribution in [0.4, 0.5) is 0 Å². The summed E-state index contributed by atoms with van der Waals surface area (Å²) in [4.78, 5) is 0. The molecule has 10 fully saturated rings. The van der Waals surface area contributed by atoms with Crippen LogP contribution in [0.3, 0.4) is 0 Å². The van der Waals surface area contributed by atoms with E-state index in [1.54, 1.807) is 0 Å². The second kappa shape index (κ2) is 39.7. The van der Waals surface area contributed by atoms with Gasteiger partial charge in [0.25, 0.3) is 0 Å². The normalized spacial score (nSPS) is 51.1. The van der Waals surface area contributed by atoms with Crippen molar-refractivity contribution < 1.29 is 248 Å². The van der Waals surface area contributed by atoms with Crippen molar-refractivity contribution in [2.75, 3.05) is 79.3 Å². The van der Waals surface area contributed by atoms with Gasteiger partial charge >= 0.3 is 0 Å². The zero-order valence-electron chi connectivity index (χ0n) is 57.8. The van der Waals surface area contributed by atoms with E-state index in [2.05, 4.69) is 0 Å². The number of hydrogen-bond acceptors (Lipinski definition) is 50. The highest BCUT2D eigenvalue weighted by Crippen LogP contribution is 2.40. The van der Waals surface area contributed by atoms with E-state index in [9.17, 15) is 153 Å². The fourth-order valence-corrected chi connectivity index (χ4v) is 13.8. The van der Waals surface area contributed by atoms with E-state index >= 15 is 0 Å². The minimum atomic E-state index is -2.17. The Hall–Kier alpha value is -2.00. The lowest BCUT2D eigenvalue weighted by atomic mass is 9.96. The van der Waals surface area contributed by atoms with Crippen LogP contribution in [-0.4, -0.2) is 527 Å². The van der Waals surface area contributed by atoms with Gasteiger partial charge in [-0.25, -0.2) is 0 Å². The van der Waals surface area contributed by atoms with Gasteiger partial charge < -0.3 is 248 Å². The molecule has 0 aromatic carbocycles. The van der Waals surface area contributed by atoms with Crippen molar-refractivity contribution in [2.24, 2.45) is 0 Å². The van der Waals surface area contributed by atoms with Crippen molar-refractivity contribution in [1.82, 2.24) is 0 Å². The number of aliphatic hydroxyl groups is 30. The Balaban J connectivity index is 0.815. The zero-order valence-corrected chi connectivity index (χ0v) is 57.8. The van der Waals surface area contributed by atoms with Gasteiger partial charge in [-0.1, -0.05) is 0 Å². The third-order valence-corrected chi connectivity index (χ3v) is 20.5. The first-order chi connectivity index (χ1) is 52.3. The zero-order chi connectivity index (χ0) is 80.3. The van der Waals surface area contributed by atoms with E-state index in [0.29, 0.717) is 0 Å². The van der Waals surface area contributed by atoms with E-state index < -0.39 is 374 Å². The lowest BCUT2D eigenvalue weighted by Crippen LogP contribution is -2.67. The van der Waals surface area contributed by atoms with Crippen LogP contribution in [0.15, 0.2) is 0 Å². The fraction of sp³-hybridized carbons (Fsp3) is 1.00. The predicted octanol–water partition coefficient (Wildman–Crippen LogP) is -21.5. The quantitative estimate of drug-likeness (QED) is 0.0284. The highest BCUT2D eigenvalue weighted by Gasteiger charge is 2.60. The topological polar surface area (TPSA) is 792 Å². The first kappa shape index (κ1) is 90.3. The van der Waals surface area contributed by atoms with Crippen molar-refractivity contribution in [2.45, 2.75) is 295 Å². The second-order valence-corrected chi connectivity index (χ2v) is 27.8. The monoisotopic (exact) mass is 1620 g/mol. The fourth-order valence-electron chi connectivity index (χ4n) is 13.8. The highest BCUT2D eigenvalue weighted by atomic mass is 16.8. The Labute approximate surface area is 620 Å². The molecule has 0 amide bonds. The Morgan fingerprint density at radius 2 is 0.436 bits per heavy atom. The SMILES string of the molecule is OC[C@@H](O)[C@H](O)[C@H](O)CO[C@H]1O[C@H](CO[C@H]2O[C@H](CO)[C@@H](O)[C@@H]2O[C@@H]2O[C@H](CO[C@H]3O[C@H](CO)[C@@H](O)[C@H](O)[C@@H]3O[C@H]3O[C@H](CO)[C@@H](O)[C@H](O)[C@@H]3O)[C@@H](O)[C@@H]2O)[C@@H](O[C@H]2O[C@H](CO)[C@@H](O)[C@@H]2O[C@@H]2O[C@H](CO[C@H]3O[C@H](CO)[C@@H](O)[C@H](O)[C@@H]3O[C@H]3O[C@H](CO)[C@@H](O)[C@H](O)[C@@H]3O[C@H]3O[C@H](CO)[C@@H](O)[C@H](O)[C@@H]3O)[C@@H](O)[C@@H]2O)[C@@H]1O. The van der Waals surface area contributed by atoms with E-state index in [-0.39, 0.29) is 0 Å². The van der Waals surface area contributed by atoms with Gasteiger partial charge in [-0.05, 0) is 0 Å². The maximum Gasteiger partial charge on any atom is 0.187 e. The predicted molar refractivity (Wildman–Crippen MR) is 328 cm³/mol. The van der Waals surface area contributed by atoms with Crippen LogP contribution in [0.25, 0.3) is 0 Å². The minimum absolute atomic E-state index is 0.833. The third kappa shape index (κ3) is 19.3. The van der Waals surface area contributed by atoms with Crippen molar-refractivity contribution >= 4 is 0 Å². The van der Waals surface area contributed by atoms with Crippen molar-refractivity contribution in [3.63, 3.8) is 0 Å². The molecule has 110 heavy (non-hydrogen) atoms. The molecule has 50 heteroatoms. The lowest BCUT2D eigenvalue weighted by molar-refractivity contribution is -0.394. The van der Waals surface area contributed by atoms with E-state index in [0.717, 1.165) is 0 Å². The molecular formula is C60H102O50. The van der Waals surface area contributed by atoms with Gasteiger partial charge in [0.05, 0.1) is 79.3 Å². The number of ether oxygens (including phenoxy) is 20. The Morgan fingerprint density at radius 3 is 0.782 bits per heavy atom. The van der Waals surface area contributed by atoms with Gasteiger partial charge in [-0.3, -0.25) is 0 Å². The Morgan fingerprint density at radius 1 is 0.200 bits per heavy atom. The first-order valence-corrected chi connectivity index (χ1v) is 35.1. The summed E-state index contributed by atoms with van der Waals surface area (Å²) in [5.74, 6) is 0. The number of hydrogen-bond donors (Lipinski definition) is 30. The molecule has 0 unspecified atom stereocenters. The molecule has 30 N–H and O–H groups in total. The molecule has 10 aliphatic rings. The molecular weight excluding hydrogens is 1520 g/mol. The summed E-state index contributed by atoms with van der Waals surface area (Å²) in [7, 11) is 0. The van der Waals surface area contributed by atoms with Gasteiger partial charge in [0, 0.05) is 0 Å². The van der Waals surface area contributed by atoms with Gasteiger partial charge in [0.1, 0.15) is 232 Å². The molecule has 10 heterocycles. The maximum absolute atomic E-state index is 11.9. The lowest BCUT2D eigenvalue weighted by Gasteiger charge is -2.48. The molecule has 0 aromatic rings. The van der Waals surface area contributed by atoms with Gasteiger partial charge in [-0.2, -0.15) is 0 Å². The van der Waals surface area contributed by atoms with Crippen LogP contribution in [-0.2, 0) is 94.7 Å². The smallest absolute Gasteiger partial charge is 0.187 e. The van der Waals surface area contributed by atoms with Crippen molar-refractivity contribution in [3.8, 4) is 0 Å². The Bertz CT molecular complexity index is 2730. The largest absolute Gasteiger partial charge is 0.394 e.